The van der Waals surface area contributed by atoms with E-state index < -0.39 is 17.5 Å². The fourth-order valence-corrected chi connectivity index (χ4v) is 0.755. The van der Waals surface area contributed by atoms with Gasteiger partial charge in [0, 0.05) is 0 Å². The smallest absolute Gasteiger partial charge is 0.378 e. The summed E-state index contributed by atoms with van der Waals surface area (Å²) in [5.74, 6) is -2.15. The molecule has 0 bridgehead atoms. The van der Waals surface area contributed by atoms with Crippen LogP contribution in [0.4, 0.5) is 0 Å². The number of esters is 1. The predicted molar refractivity (Wildman–Crippen MR) is 38.1 cm³/mol. The zero-order valence-electron chi connectivity index (χ0n) is 6.62. The highest BCUT2D eigenvalue weighted by Gasteiger charge is 2.22. The standard InChI is InChI=1S/C7H8O5/c1-3-4(8)5(9)6(12-3)7(10)11-2/h8-9H,1-2H3. The highest BCUT2D eigenvalue weighted by Crippen LogP contribution is 2.35. The van der Waals surface area contributed by atoms with Gasteiger partial charge in [-0.2, -0.15) is 0 Å². The molecule has 1 aromatic rings. The van der Waals surface area contributed by atoms with Crippen LogP contribution in [0.3, 0.4) is 0 Å². The number of hydrogen-bond donors (Lipinski definition) is 2. The highest BCUT2D eigenvalue weighted by molar-refractivity contribution is 5.90. The second kappa shape index (κ2) is 2.77. The molecule has 0 aliphatic carbocycles. The molecule has 66 valence electrons. The summed E-state index contributed by atoms with van der Waals surface area (Å²) in [6.07, 6.45) is 0. The summed E-state index contributed by atoms with van der Waals surface area (Å²) in [5.41, 5.74) is 0. The average molecular weight is 172 g/mol. The Labute approximate surface area is 68.2 Å². The second-order valence-electron chi connectivity index (χ2n) is 2.18. The number of methoxy groups -OCH3 is 1. The summed E-state index contributed by atoms with van der Waals surface area (Å²) < 4.78 is 9.00. The highest BCUT2D eigenvalue weighted by atomic mass is 16.5. The van der Waals surface area contributed by atoms with E-state index in [0.717, 1.165) is 7.11 Å². The molecule has 0 atom stereocenters. The molecule has 0 aliphatic rings. The van der Waals surface area contributed by atoms with E-state index in [0.29, 0.717) is 0 Å². The molecule has 0 aromatic carbocycles. The van der Waals surface area contributed by atoms with Crippen LogP contribution in [0.25, 0.3) is 0 Å². The lowest BCUT2D eigenvalue weighted by molar-refractivity contribution is 0.0559. The maximum Gasteiger partial charge on any atom is 0.378 e. The van der Waals surface area contributed by atoms with Crippen LogP contribution in [0.2, 0.25) is 0 Å². The monoisotopic (exact) mass is 172 g/mol. The molecule has 0 unspecified atom stereocenters. The van der Waals surface area contributed by atoms with Crippen LogP contribution < -0.4 is 0 Å². The van der Waals surface area contributed by atoms with Crippen molar-refractivity contribution in [2.45, 2.75) is 6.92 Å². The minimum absolute atomic E-state index is 0.0768. The summed E-state index contributed by atoms with van der Waals surface area (Å²) in [7, 11) is 1.15. The van der Waals surface area contributed by atoms with Gasteiger partial charge in [0.25, 0.3) is 5.76 Å². The third kappa shape index (κ3) is 1.09. The summed E-state index contributed by atoms with van der Waals surface area (Å²) in [6.45, 7) is 1.42. The van der Waals surface area contributed by atoms with Gasteiger partial charge in [0.15, 0.2) is 0 Å². The van der Waals surface area contributed by atoms with E-state index >= 15 is 0 Å². The van der Waals surface area contributed by atoms with E-state index in [1.807, 2.05) is 0 Å². The SMILES string of the molecule is COC(=O)c1oc(C)c(O)c1O. The Balaban J connectivity index is 3.17. The van der Waals surface area contributed by atoms with Crippen molar-refractivity contribution >= 4 is 5.97 Å². The van der Waals surface area contributed by atoms with E-state index in [1.54, 1.807) is 0 Å². The average Bonchev–Trinajstić information content (AvgIpc) is 2.32. The summed E-state index contributed by atoms with van der Waals surface area (Å²) in [5, 5.41) is 18.1. The van der Waals surface area contributed by atoms with Crippen molar-refractivity contribution in [1.82, 2.24) is 0 Å². The molecule has 0 amide bonds. The van der Waals surface area contributed by atoms with Gasteiger partial charge in [0.05, 0.1) is 7.11 Å². The van der Waals surface area contributed by atoms with Crippen molar-refractivity contribution in [3.8, 4) is 11.5 Å². The zero-order valence-corrected chi connectivity index (χ0v) is 6.62. The molecule has 0 aliphatic heterocycles. The largest absolute Gasteiger partial charge is 0.502 e. The molecule has 2 N–H and O–H groups in total. The Morgan fingerprint density at radius 2 is 2.00 bits per heavy atom. The van der Waals surface area contributed by atoms with E-state index in [-0.39, 0.29) is 11.5 Å². The van der Waals surface area contributed by atoms with Crippen LogP contribution in [0.1, 0.15) is 16.3 Å². The molecular weight excluding hydrogens is 164 g/mol. The lowest BCUT2D eigenvalue weighted by atomic mass is 10.3. The lowest BCUT2D eigenvalue weighted by Gasteiger charge is -1.92. The maximum atomic E-state index is 10.8. The van der Waals surface area contributed by atoms with Crippen molar-refractivity contribution in [3.05, 3.63) is 11.5 Å². The first-order valence-electron chi connectivity index (χ1n) is 3.17. The molecule has 0 saturated carbocycles. The molecule has 5 nitrogen and oxygen atoms in total. The number of rotatable bonds is 1. The normalized spacial score (nSPS) is 9.83. The fourth-order valence-electron chi connectivity index (χ4n) is 0.755. The van der Waals surface area contributed by atoms with E-state index in [1.165, 1.54) is 6.92 Å². The van der Waals surface area contributed by atoms with Crippen LogP contribution in [0.15, 0.2) is 4.42 Å². The maximum absolute atomic E-state index is 10.8. The van der Waals surface area contributed by atoms with Gasteiger partial charge in [0.2, 0.25) is 11.5 Å². The van der Waals surface area contributed by atoms with E-state index in [2.05, 4.69) is 4.74 Å². The minimum atomic E-state index is -0.823. The van der Waals surface area contributed by atoms with Crippen molar-refractivity contribution in [2.24, 2.45) is 0 Å². The third-order valence-corrected chi connectivity index (χ3v) is 1.40. The number of carbonyl (C=O) groups is 1. The Bertz CT molecular complexity index is 312. The van der Waals surface area contributed by atoms with Crippen LogP contribution in [0.5, 0.6) is 11.5 Å². The Morgan fingerprint density at radius 3 is 2.33 bits per heavy atom. The van der Waals surface area contributed by atoms with E-state index in [4.69, 9.17) is 14.6 Å². The number of carbonyl (C=O) groups excluding carboxylic acids is 1. The number of ether oxygens (including phenoxy) is 1. The van der Waals surface area contributed by atoms with Crippen LogP contribution in [0, 0.1) is 6.92 Å². The summed E-state index contributed by atoms with van der Waals surface area (Å²) in [4.78, 5) is 10.8. The molecule has 0 radical (unpaired) electrons. The Morgan fingerprint density at radius 1 is 1.42 bits per heavy atom. The summed E-state index contributed by atoms with van der Waals surface area (Å²) >= 11 is 0. The topological polar surface area (TPSA) is 79.9 Å². The quantitative estimate of drug-likeness (QED) is 0.612. The molecular formula is C7H8O5. The van der Waals surface area contributed by atoms with Crippen molar-refractivity contribution in [1.29, 1.82) is 0 Å². The van der Waals surface area contributed by atoms with Gasteiger partial charge < -0.3 is 19.4 Å². The molecule has 12 heavy (non-hydrogen) atoms. The zero-order chi connectivity index (χ0) is 9.30. The van der Waals surface area contributed by atoms with Crippen LogP contribution >= 0.6 is 0 Å². The summed E-state index contributed by atoms with van der Waals surface area (Å²) in [6, 6.07) is 0. The Kier molecular flexibility index (Phi) is 1.95. The van der Waals surface area contributed by atoms with Gasteiger partial charge in [-0.05, 0) is 6.92 Å². The van der Waals surface area contributed by atoms with Crippen molar-refractivity contribution in [3.63, 3.8) is 0 Å². The van der Waals surface area contributed by atoms with Gasteiger partial charge >= 0.3 is 5.97 Å². The van der Waals surface area contributed by atoms with E-state index in [9.17, 15) is 4.79 Å². The number of furan rings is 1. The Hall–Kier alpha value is -1.65. The number of aryl methyl sites for hydroxylation is 1. The molecule has 1 heterocycles. The van der Waals surface area contributed by atoms with Gasteiger partial charge in [-0.15, -0.1) is 0 Å². The van der Waals surface area contributed by atoms with Crippen LogP contribution in [-0.4, -0.2) is 23.3 Å². The van der Waals surface area contributed by atoms with Gasteiger partial charge in [0.1, 0.15) is 5.76 Å². The lowest BCUT2D eigenvalue weighted by Crippen LogP contribution is -1.98. The number of hydrogen-bond acceptors (Lipinski definition) is 5. The molecule has 0 spiro atoms. The predicted octanol–water partition coefficient (Wildman–Crippen LogP) is 0.786. The first-order chi connectivity index (χ1) is 5.57. The second-order valence-corrected chi connectivity index (χ2v) is 2.18. The van der Waals surface area contributed by atoms with Crippen LogP contribution in [-0.2, 0) is 4.74 Å². The fraction of sp³-hybridized carbons (Fsp3) is 0.286. The molecule has 1 rings (SSSR count). The number of aromatic hydroxyl groups is 2. The third-order valence-electron chi connectivity index (χ3n) is 1.40. The van der Waals surface area contributed by atoms with Crippen molar-refractivity contribution < 1.29 is 24.2 Å². The first-order valence-corrected chi connectivity index (χ1v) is 3.17. The van der Waals surface area contributed by atoms with Crippen molar-refractivity contribution in [2.75, 3.05) is 7.11 Å². The minimum Gasteiger partial charge on any atom is -0.502 e. The molecule has 0 saturated heterocycles. The van der Waals surface area contributed by atoms with Gasteiger partial charge in [-0.25, -0.2) is 4.79 Å². The molecule has 1 aromatic heterocycles. The molecule has 5 heteroatoms. The first kappa shape index (κ1) is 8.45. The van der Waals surface area contributed by atoms with Gasteiger partial charge in [-0.1, -0.05) is 0 Å². The van der Waals surface area contributed by atoms with Gasteiger partial charge in [-0.3, -0.25) is 0 Å². The molecule has 0 fully saturated rings.